The molecule has 1 aliphatic carbocycles. The number of unbranched alkanes of at least 4 members (excludes halogenated alkanes) is 1. The van der Waals surface area contributed by atoms with Crippen molar-refractivity contribution < 1.29 is 5.11 Å². The van der Waals surface area contributed by atoms with Crippen molar-refractivity contribution >= 4 is 0 Å². The number of benzene rings is 1. The summed E-state index contributed by atoms with van der Waals surface area (Å²) in [5.74, 6) is 0.397. The summed E-state index contributed by atoms with van der Waals surface area (Å²) in [5, 5.41) is 13.3. The molecule has 0 saturated carbocycles. The molecule has 2 rings (SSSR count). The third-order valence-electron chi connectivity index (χ3n) is 3.92. The quantitative estimate of drug-likeness (QED) is 0.826. The Morgan fingerprint density at radius 1 is 1.44 bits per heavy atom. The zero-order valence-corrected chi connectivity index (χ0v) is 11.6. The predicted octanol–water partition coefficient (Wildman–Crippen LogP) is 3.94. The molecule has 1 aromatic carbocycles. The van der Waals surface area contributed by atoms with Gasteiger partial charge in [-0.05, 0) is 55.9 Å². The van der Waals surface area contributed by atoms with E-state index in [-0.39, 0.29) is 0 Å². The third kappa shape index (κ3) is 3.26. The standard InChI is InChI=1S/C16H25NO/c1-3-4-6-12(2)17-16-8-5-7-13-11-14(18)9-10-15(13)16/h9-12,16-18H,3-8H2,1-2H3. The molecule has 18 heavy (non-hydrogen) atoms. The van der Waals surface area contributed by atoms with Gasteiger partial charge in [0.05, 0.1) is 0 Å². The summed E-state index contributed by atoms with van der Waals surface area (Å²) in [4.78, 5) is 0. The Bertz CT molecular complexity index is 389. The Morgan fingerprint density at radius 2 is 2.28 bits per heavy atom. The van der Waals surface area contributed by atoms with Crippen molar-refractivity contribution in [2.45, 2.75) is 64.5 Å². The molecular weight excluding hydrogens is 222 g/mol. The molecule has 2 atom stereocenters. The lowest BCUT2D eigenvalue weighted by Crippen LogP contribution is -2.32. The van der Waals surface area contributed by atoms with Crippen LogP contribution in [0.25, 0.3) is 0 Å². The maximum Gasteiger partial charge on any atom is 0.115 e. The van der Waals surface area contributed by atoms with E-state index in [9.17, 15) is 5.11 Å². The van der Waals surface area contributed by atoms with Gasteiger partial charge >= 0.3 is 0 Å². The zero-order valence-electron chi connectivity index (χ0n) is 11.6. The summed E-state index contributed by atoms with van der Waals surface area (Å²) in [6.07, 6.45) is 7.35. The summed E-state index contributed by atoms with van der Waals surface area (Å²) in [6.45, 7) is 4.52. The van der Waals surface area contributed by atoms with Gasteiger partial charge in [-0.1, -0.05) is 25.8 Å². The van der Waals surface area contributed by atoms with E-state index in [2.05, 4.69) is 25.2 Å². The maximum atomic E-state index is 9.55. The van der Waals surface area contributed by atoms with Gasteiger partial charge in [0.1, 0.15) is 5.75 Å². The minimum Gasteiger partial charge on any atom is -0.508 e. The Morgan fingerprint density at radius 3 is 3.06 bits per heavy atom. The molecule has 2 nitrogen and oxygen atoms in total. The first-order valence-corrected chi connectivity index (χ1v) is 7.28. The van der Waals surface area contributed by atoms with Crippen LogP contribution >= 0.6 is 0 Å². The second kappa shape index (κ2) is 6.24. The second-order valence-corrected chi connectivity index (χ2v) is 5.54. The monoisotopic (exact) mass is 247 g/mol. The Kier molecular flexibility index (Phi) is 4.65. The van der Waals surface area contributed by atoms with E-state index in [1.54, 1.807) is 0 Å². The van der Waals surface area contributed by atoms with Gasteiger partial charge in [0.2, 0.25) is 0 Å². The van der Waals surface area contributed by atoms with Gasteiger partial charge in [0, 0.05) is 12.1 Å². The molecule has 1 aliphatic rings. The normalized spacial score (nSPS) is 20.4. The Hall–Kier alpha value is -1.02. The first-order chi connectivity index (χ1) is 8.70. The van der Waals surface area contributed by atoms with E-state index in [0.717, 1.165) is 6.42 Å². The fraction of sp³-hybridized carbons (Fsp3) is 0.625. The zero-order chi connectivity index (χ0) is 13.0. The van der Waals surface area contributed by atoms with Crippen LogP contribution in [0.5, 0.6) is 5.75 Å². The van der Waals surface area contributed by atoms with Crippen molar-refractivity contribution in [3.8, 4) is 5.75 Å². The average Bonchev–Trinajstić information content (AvgIpc) is 2.36. The van der Waals surface area contributed by atoms with Crippen LogP contribution in [0.2, 0.25) is 0 Å². The smallest absolute Gasteiger partial charge is 0.115 e. The number of aromatic hydroxyl groups is 1. The number of hydrogen-bond donors (Lipinski definition) is 2. The number of phenols is 1. The van der Waals surface area contributed by atoms with Crippen molar-refractivity contribution in [2.24, 2.45) is 0 Å². The SMILES string of the molecule is CCCCC(C)NC1CCCc2cc(O)ccc21. The highest BCUT2D eigenvalue weighted by atomic mass is 16.3. The molecule has 0 radical (unpaired) electrons. The van der Waals surface area contributed by atoms with Gasteiger partial charge in [0.15, 0.2) is 0 Å². The first-order valence-electron chi connectivity index (χ1n) is 7.28. The van der Waals surface area contributed by atoms with Crippen LogP contribution in [-0.2, 0) is 6.42 Å². The summed E-state index contributed by atoms with van der Waals surface area (Å²) >= 11 is 0. The van der Waals surface area contributed by atoms with Crippen LogP contribution in [-0.4, -0.2) is 11.1 Å². The van der Waals surface area contributed by atoms with Crippen LogP contribution < -0.4 is 5.32 Å². The fourth-order valence-corrected chi connectivity index (χ4v) is 2.91. The molecule has 2 heteroatoms. The predicted molar refractivity (Wildman–Crippen MR) is 75.9 cm³/mol. The van der Waals surface area contributed by atoms with Crippen molar-refractivity contribution in [3.63, 3.8) is 0 Å². The minimum atomic E-state index is 0.397. The molecular formula is C16H25NO. The molecule has 0 aromatic heterocycles. The molecule has 2 unspecified atom stereocenters. The molecule has 0 spiro atoms. The van der Waals surface area contributed by atoms with Gasteiger partial charge in [0.25, 0.3) is 0 Å². The van der Waals surface area contributed by atoms with Gasteiger partial charge in [-0.25, -0.2) is 0 Å². The summed E-state index contributed by atoms with van der Waals surface area (Å²) in [5.41, 5.74) is 2.71. The summed E-state index contributed by atoms with van der Waals surface area (Å²) in [7, 11) is 0. The third-order valence-corrected chi connectivity index (χ3v) is 3.92. The molecule has 0 fully saturated rings. The topological polar surface area (TPSA) is 32.3 Å². The number of nitrogens with one attached hydrogen (secondary N) is 1. The van der Waals surface area contributed by atoms with Crippen LogP contribution in [0.4, 0.5) is 0 Å². The second-order valence-electron chi connectivity index (χ2n) is 5.54. The molecule has 1 aromatic rings. The molecule has 0 heterocycles. The molecule has 0 aliphatic heterocycles. The fourth-order valence-electron chi connectivity index (χ4n) is 2.91. The highest BCUT2D eigenvalue weighted by molar-refractivity contribution is 5.38. The number of phenolic OH excluding ortho intramolecular Hbond substituents is 1. The molecule has 2 N–H and O–H groups in total. The molecule has 0 saturated heterocycles. The van der Waals surface area contributed by atoms with E-state index in [1.165, 1.54) is 43.2 Å². The van der Waals surface area contributed by atoms with Crippen molar-refractivity contribution in [2.75, 3.05) is 0 Å². The molecule has 0 bridgehead atoms. The van der Waals surface area contributed by atoms with E-state index in [4.69, 9.17) is 0 Å². The van der Waals surface area contributed by atoms with Crippen molar-refractivity contribution in [1.82, 2.24) is 5.32 Å². The largest absolute Gasteiger partial charge is 0.508 e. The number of aryl methyl sites for hydroxylation is 1. The van der Waals surface area contributed by atoms with Gasteiger partial charge in [-0.2, -0.15) is 0 Å². The minimum absolute atomic E-state index is 0.397. The lowest BCUT2D eigenvalue weighted by molar-refractivity contribution is 0.388. The summed E-state index contributed by atoms with van der Waals surface area (Å²) in [6, 6.07) is 6.89. The van der Waals surface area contributed by atoms with Gasteiger partial charge in [-0.15, -0.1) is 0 Å². The van der Waals surface area contributed by atoms with Crippen LogP contribution in [0, 0.1) is 0 Å². The number of rotatable bonds is 5. The van der Waals surface area contributed by atoms with E-state index >= 15 is 0 Å². The highest BCUT2D eigenvalue weighted by Gasteiger charge is 2.21. The molecule has 0 amide bonds. The summed E-state index contributed by atoms with van der Waals surface area (Å²) < 4.78 is 0. The Labute approximate surface area is 110 Å². The lowest BCUT2D eigenvalue weighted by Gasteiger charge is -2.29. The van der Waals surface area contributed by atoms with E-state index < -0.39 is 0 Å². The van der Waals surface area contributed by atoms with E-state index in [1.807, 2.05) is 12.1 Å². The van der Waals surface area contributed by atoms with Crippen molar-refractivity contribution in [3.05, 3.63) is 29.3 Å². The van der Waals surface area contributed by atoms with Crippen molar-refractivity contribution in [1.29, 1.82) is 0 Å². The van der Waals surface area contributed by atoms with E-state index in [0.29, 0.717) is 17.8 Å². The van der Waals surface area contributed by atoms with Gasteiger partial charge in [-0.3, -0.25) is 0 Å². The lowest BCUT2D eigenvalue weighted by atomic mass is 9.87. The van der Waals surface area contributed by atoms with Gasteiger partial charge < -0.3 is 10.4 Å². The highest BCUT2D eigenvalue weighted by Crippen LogP contribution is 2.32. The van der Waals surface area contributed by atoms with Crippen LogP contribution in [0.3, 0.4) is 0 Å². The molecule has 100 valence electrons. The van der Waals surface area contributed by atoms with Crippen LogP contribution in [0.1, 0.15) is 63.1 Å². The average molecular weight is 247 g/mol. The van der Waals surface area contributed by atoms with Crippen LogP contribution in [0.15, 0.2) is 18.2 Å². The first kappa shape index (κ1) is 13.4. The maximum absolute atomic E-state index is 9.55. The number of fused-ring (bicyclic) bond motifs is 1. The number of hydrogen-bond acceptors (Lipinski definition) is 2. The Balaban J connectivity index is 2.03.